The number of hydrogen-bond acceptors (Lipinski definition) is 3. The lowest BCUT2D eigenvalue weighted by Crippen LogP contribution is -2.21. The van der Waals surface area contributed by atoms with Crippen molar-refractivity contribution >= 4 is 11.6 Å². The van der Waals surface area contributed by atoms with Crippen molar-refractivity contribution in [3.05, 3.63) is 35.5 Å². The van der Waals surface area contributed by atoms with Crippen molar-refractivity contribution in [2.75, 3.05) is 13.1 Å². The number of fused-ring (bicyclic) bond motifs is 1. The van der Waals surface area contributed by atoms with E-state index in [2.05, 4.69) is 9.88 Å². The molecule has 5 nitrogen and oxygen atoms in total. The number of hydrogen-bond donors (Lipinski definition) is 1. The van der Waals surface area contributed by atoms with Gasteiger partial charge >= 0.3 is 5.97 Å². The predicted molar refractivity (Wildman–Crippen MR) is 66.6 cm³/mol. The lowest BCUT2D eigenvalue weighted by molar-refractivity contribution is 0.0688. The average Bonchev–Trinajstić information content (AvgIpc) is 2.99. The SMILES string of the molecule is O=C(O)c1nc2c(F)cccn2c1CN1CCCC1. The van der Waals surface area contributed by atoms with Crippen molar-refractivity contribution in [3.63, 3.8) is 0 Å². The van der Waals surface area contributed by atoms with Crippen LogP contribution in [0.5, 0.6) is 0 Å². The van der Waals surface area contributed by atoms with Gasteiger partial charge in [0.15, 0.2) is 17.2 Å². The molecule has 0 aliphatic carbocycles. The van der Waals surface area contributed by atoms with E-state index in [0.29, 0.717) is 12.2 Å². The van der Waals surface area contributed by atoms with Crippen LogP contribution in [0.3, 0.4) is 0 Å². The zero-order chi connectivity index (χ0) is 13.4. The zero-order valence-corrected chi connectivity index (χ0v) is 10.3. The second kappa shape index (κ2) is 4.62. The number of aromatic nitrogens is 2. The van der Waals surface area contributed by atoms with Gasteiger partial charge in [0.2, 0.25) is 0 Å². The van der Waals surface area contributed by atoms with E-state index in [1.807, 2.05) is 0 Å². The van der Waals surface area contributed by atoms with Crippen LogP contribution >= 0.6 is 0 Å². The van der Waals surface area contributed by atoms with Gasteiger partial charge < -0.3 is 5.11 Å². The van der Waals surface area contributed by atoms with E-state index in [4.69, 9.17) is 0 Å². The van der Waals surface area contributed by atoms with Gasteiger partial charge in [0.25, 0.3) is 0 Å². The van der Waals surface area contributed by atoms with Gasteiger partial charge in [-0.25, -0.2) is 14.2 Å². The quantitative estimate of drug-likeness (QED) is 0.916. The molecular weight excluding hydrogens is 249 g/mol. The van der Waals surface area contributed by atoms with Gasteiger partial charge in [-0.2, -0.15) is 0 Å². The summed E-state index contributed by atoms with van der Waals surface area (Å²) in [6, 6.07) is 2.84. The molecule has 2 aromatic heterocycles. The van der Waals surface area contributed by atoms with Crippen LogP contribution in [0.25, 0.3) is 5.65 Å². The monoisotopic (exact) mass is 263 g/mol. The Labute approximate surface area is 109 Å². The van der Waals surface area contributed by atoms with E-state index in [-0.39, 0.29) is 11.3 Å². The maximum atomic E-state index is 13.7. The molecule has 3 heterocycles. The van der Waals surface area contributed by atoms with Gasteiger partial charge in [0.1, 0.15) is 0 Å². The fourth-order valence-corrected chi connectivity index (χ4v) is 2.56. The molecule has 1 aliphatic rings. The van der Waals surface area contributed by atoms with Crippen LogP contribution in [0, 0.1) is 5.82 Å². The molecule has 2 aromatic rings. The third kappa shape index (κ3) is 2.08. The first-order valence-electron chi connectivity index (χ1n) is 6.28. The lowest BCUT2D eigenvalue weighted by atomic mass is 10.3. The first-order valence-corrected chi connectivity index (χ1v) is 6.28. The second-order valence-corrected chi connectivity index (χ2v) is 4.75. The highest BCUT2D eigenvalue weighted by Crippen LogP contribution is 2.19. The number of carboxylic acid groups (broad SMARTS) is 1. The minimum atomic E-state index is -1.11. The summed E-state index contributed by atoms with van der Waals surface area (Å²) in [5.74, 6) is -1.62. The maximum absolute atomic E-state index is 13.7. The minimum absolute atomic E-state index is 0.0583. The molecular formula is C13H14FN3O2. The fraction of sp³-hybridized carbons (Fsp3) is 0.385. The third-order valence-electron chi connectivity index (χ3n) is 3.48. The number of imidazole rings is 1. The van der Waals surface area contributed by atoms with Gasteiger partial charge in [-0.1, -0.05) is 0 Å². The van der Waals surface area contributed by atoms with Crippen molar-refractivity contribution < 1.29 is 14.3 Å². The lowest BCUT2D eigenvalue weighted by Gasteiger charge is -2.14. The van der Waals surface area contributed by atoms with Crippen molar-refractivity contribution in [3.8, 4) is 0 Å². The van der Waals surface area contributed by atoms with Crippen LogP contribution in [0.1, 0.15) is 29.0 Å². The van der Waals surface area contributed by atoms with Crippen molar-refractivity contribution in [1.29, 1.82) is 0 Å². The summed E-state index contributed by atoms with van der Waals surface area (Å²) in [7, 11) is 0. The van der Waals surface area contributed by atoms with E-state index < -0.39 is 11.8 Å². The molecule has 0 spiro atoms. The first kappa shape index (κ1) is 12.1. The van der Waals surface area contributed by atoms with Gasteiger partial charge in [0, 0.05) is 12.7 Å². The molecule has 1 fully saturated rings. The Morgan fingerprint density at radius 1 is 1.42 bits per heavy atom. The van der Waals surface area contributed by atoms with E-state index in [1.165, 1.54) is 10.5 Å². The number of pyridine rings is 1. The van der Waals surface area contributed by atoms with E-state index in [9.17, 15) is 14.3 Å². The summed E-state index contributed by atoms with van der Waals surface area (Å²) in [5, 5.41) is 9.21. The predicted octanol–water partition coefficient (Wildman–Crippen LogP) is 1.77. The average molecular weight is 263 g/mol. The molecule has 19 heavy (non-hydrogen) atoms. The standard InChI is InChI=1S/C13H14FN3O2/c14-9-4-3-7-17-10(8-16-5-1-2-6-16)11(13(18)19)15-12(9)17/h3-4,7H,1-2,5-6,8H2,(H,18,19). The molecule has 0 amide bonds. The maximum Gasteiger partial charge on any atom is 0.356 e. The van der Waals surface area contributed by atoms with E-state index in [0.717, 1.165) is 25.9 Å². The number of likely N-dealkylation sites (tertiary alicyclic amines) is 1. The Morgan fingerprint density at radius 3 is 2.84 bits per heavy atom. The number of rotatable bonds is 3. The van der Waals surface area contributed by atoms with Crippen LogP contribution < -0.4 is 0 Å². The Kier molecular flexibility index (Phi) is 2.94. The molecule has 3 rings (SSSR count). The third-order valence-corrected chi connectivity index (χ3v) is 3.48. The Balaban J connectivity index is 2.10. The summed E-state index contributed by atoms with van der Waals surface area (Å²) < 4.78 is 15.2. The molecule has 0 radical (unpaired) electrons. The molecule has 1 saturated heterocycles. The number of halogens is 1. The summed E-state index contributed by atoms with van der Waals surface area (Å²) in [4.78, 5) is 17.3. The smallest absolute Gasteiger partial charge is 0.356 e. The van der Waals surface area contributed by atoms with Crippen LogP contribution in [0.2, 0.25) is 0 Å². The number of carbonyl (C=O) groups is 1. The highest BCUT2D eigenvalue weighted by Gasteiger charge is 2.23. The van der Waals surface area contributed by atoms with E-state index in [1.54, 1.807) is 12.3 Å². The minimum Gasteiger partial charge on any atom is -0.476 e. The number of aromatic carboxylic acids is 1. The van der Waals surface area contributed by atoms with Crippen LogP contribution in [-0.2, 0) is 6.54 Å². The Bertz CT molecular complexity index is 632. The first-order chi connectivity index (χ1) is 9.16. The number of nitrogens with zero attached hydrogens (tertiary/aromatic N) is 3. The fourth-order valence-electron chi connectivity index (χ4n) is 2.56. The molecule has 0 bridgehead atoms. The topological polar surface area (TPSA) is 57.8 Å². The Hall–Kier alpha value is -1.95. The largest absolute Gasteiger partial charge is 0.476 e. The molecule has 0 aromatic carbocycles. The zero-order valence-electron chi connectivity index (χ0n) is 10.3. The second-order valence-electron chi connectivity index (χ2n) is 4.75. The molecule has 0 saturated carbocycles. The van der Waals surface area contributed by atoms with Crippen LogP contribution in [0.4, 0.5) is 4.39 Å². The highest BCUT2D eigenvalue weighted by molar-refractivity contribution is 5.88. The Morgan fingerprint density at radius 2 is 2.16 bits per heavy atom. The van der Waals surface area contributed by atoms with Gasteiger partial charge in [-0.15, -0.1) is 0 Å². The molecule has 1 N–H and O–H groups in total. The van der Waals surface area contributed by atoms with Crippen molar-refractivity contribution in [2.45, 2.75) is 19.4 Å². The van der Waals surface area contributed by atoms with Crippen LogP contribution in [-0.4, -0.2) is 38.4 Å². The van der Waals surface area contributed by atoms with Crippen molar-refractivity contribution in [1.82, 2.24) is 14.3 Å². The van der Waals surface area contributed by atoms with E-state index >= 15 is 0 Å². The van der Waals surface area contributed by atoms with Crippen molar-refractivity contribution in [2.24, 2.45) is 0 Å². The molecule has 100 valence electrons. The normalized spacial score (nSPS) is 16.3. The van der Waals surface area contributed by atoms with Crippen LogP contribution in [0.15, 0.2) is 18.3 Å². The summed E-state index contributed by atoms with van der Waals surface area (Å²) in [6.45, 7) is 2.38. The molecule has 1 aliphatic heterocycles. The molecule has 0 atom stereocenters. The summed E-state index contributed by atoms with van der Waals surface area (Å²) in [5.41, 5.74) is 0.565. The molecule has 6 heteroatoms. The molecule has 0 unspecified atom stereocenters. The highest BCUT2D eigenvalue weighted by atomic mass is 19.1. The summed E-state index contributed by atoms with van der Waals surface area (Å²) >= 11 is 0. The summed E-state index contributed by atoms with van der Waals surface area (Å²) in [6.07, 6.45) is 3.89. The van der Waals surface area contributed by atoms with Gasteiger partial charge in [-0.3, -0.25) is 9.30 Å². The van der Waals surface area contributed by atoms with Gasteiger partial charge in [0.05, 0.1) is 5.69 Å². The van der Waals surface area contributed by atoms with Gasteiger partial charge in [-0.05, 0) is 38.1 Å². The number of carboxylic acids is 1.